The van der Waals surface area contributed by atoms with E-state index in [0.717, 1.165) is 20.6 Å². The van der Waals surface area contributed by atoms with Crippen molar-refractivity contribution in [2.45, 2.75) is 13.8 Å². The summed E-state index contributed by atoms with van der Waals surface area (Å²) < 4.78 is 0.939. The zero-order valence-electron chi connectivity index (χ0n) is 10.1. The van der Waals surface area contributed by atoms with Crippen molar-refractivity contribution in [2.24, 2.45) is 0 Å². The normalized spacial score (nSPS) is 10.4. The molecule has 0 saturated carbocycles. The smallest absolute Gasteiger partial charge is 0.265 e. The first kappa shape index (κ1) is 13.1. The van der Waals surface area contributed by atoms with Crippen LogP contribution in [0.25, 0.3) is 0 Å². The summed E-state index contributed by atoms with van der Waals surface area (Å²) in [5, 5.41) is 2.92. The summed E-state index contributed by atoms with van der Waals surface area (Å²) in [6.45, 7) is 3.86. The Morgan fingerprint density at radius 2 is 2.00 bits per heavy atom. The molecule has 2 rings (SSSR count). The number of halogens is 1. The minimum absolute atomic E-state index is 0.109. The Kier molecular flexibility index (Phi) is 3.73. The highest BCUT2D eigenvalue weighted by Gasteiger charge is 2.12. The van der Waals surface area contributed by atoms with E-state index < -0.39 is 0 Å². The van der Waals surface area contributed by atoms with Gasteiger partial charge in [0.05, 0.1) is 8.66 Å². The van der Waals surface area contributed by atoms with Crippen molar-refractivity contribution >= 4 is 44.5 Å². The number of thiophene rings is 1. The molecular weight excluding hydrogens is 312 g/mol. The van der Waals surface area contributed by atoms with E-state index in [1.807, 2.05) is 32.0 Å². The molecule has 0 aliphatic heterocycles. The van der Waals surface area contributed by atoms with Crippen LogP contribution in [0.1, 0.15) is 20.8 Å². The first-order chi connectivity index (χ1) is 8.49. The van der Waals surface area contributed by atoms with Crippen molar-refractivity contribution < 1.29 is 4.79 Å². The van der Waals surface area contributed by atoms with Crippen LogP contribution in [0.2, 0.25) is 0 Å². The number of carbonyl (C=O) groups is 1. The lowest BCUT2D eigenvalue weighted by molar-refractivity contribution is 0.103. The Balaban J connectivity index is 2.30. The molecule has 2 aromatic rings. The van der Waals surface area contributed by atoms with Crippen LogP contribution in [0.4, 0.5) is 11.4 Å². The fourth-order valence-electron chi connectivity index (χ4n) is 1.67. The number of aryl methyl sites for hydroxylation is 1. The largest absolute Gasteiger partial charge is 0.398 e. The molecule has 0 fully saturated rings. The maximum Gasteiger partial charge on any atom is 0.265 e. The Hall–Kier alpha value is -1.33. The molecule has 1 amide bonds. The number of carbonyl (C=O) groups excluding carboxylic acids is 1. The summed E-state index contributed by atoms with van der Waals surface area (Å²) in [4.78, 5) is 12.8. The van der Waals surface area contributed by atoms with Crippen LogP contribution < -0.4 is 11.1 Å². The molecule has 0 aliphatic carbocycles. The summed E-state index contributed by atoms with van der Waals surface area (Å²) in [6, 6.07) is 7.41. The molecular formula is C13H13BrN2OS. The molecule has 0 unspecified atom stereocenters. The maximum atomic E-state index is 12.1. The van der Waals surface area contributed by atoms with Crippen molar-refractivity contribution in [3.05, 3.63) is 44.1 Å². The van der Waals surface area contributed by atoms with Gasteiger partial charge in [0.25, 0.3) is 5.91 Å². The van der Waals surface area contributed by atoms with Crippen molar-refractivity contribution in [3.8, 4) is 0 Å². The molecule has 0 aliphatic rings. The molecule has 0 atom stereocenters. The minimum atomic E-state index is -0.109. The van der Waals surface area contributed by atoms with Gasteiger partial charge in [-0.1, -0.05) is 6.07 Å². The van der Waals surface area contributed by atoms with Crippen molar-refractivity contribution in [3.63, 3.8) is 0 Å². The van der Waals surface area contributed by atoms with Crippen molar-refractivity contribution in [1.29, 1.82) is 0 Å². The van der Waals surface area contributed by atoms with Gasteiger partial charge in [-0.2, -0.15) is 0 Å². The zero-order valence-corrected chi connectivity index (χ0v) is 12.5. The number of amides is 1. The highest BCUT2D eigenvalue weighted by atomic mass is 79.9. The van der Waals surface area contributed by atoms with Crippen LogP contribution >= 0.6 is 27.3 Å². The van der Waals surface area contributed by atoms with Crippen molar-refractivity contribution in [1.82, 2.24) is 0 Å². The molecule has 94 valence electrons. The predicted molar refractivity (Wildman–Crippen MR) is 80.3 cm³/mol. The first-order valence-corrected chi connectivity index (χ1v) is 7.02. The van der Waals surface area contributed by atoms with Gasteiger partial charge in [-0.05, 0) is 59.1 Å². The molecule has 18 heavy (non-hydrogen) atoms. The van der Waals surface area contributed by atoms with E-state index in [0.29, 0.717) is 10.6 Å². The van der Waals surface area contributed by atoms with Gasteiger partial charge in [0.1, 0.15) is 0 Å². The molecule has 0 bridgehead atoms. The molecule has 1 heterocycles. The van der Waals surface area contributed by atoms with Crippen LogP contribution in [-0.4, -0.2) is 5.91 Å². The average Bonchev–Trinajstić information content (AvgIpc) is 2.76. The third-order valence-corrected chi connectivity index (χ3v) is 4.37. The second-order valence-corrected chi connectivity index (χ2v) is 6.49. The van der Waals surface area contributed by atoms with Gasteiger partial charge in [0, 0.05) is 11.4 Å². The lowest BCUT2D eigenvalue weighted by Crippen LogP contribution is -2.13. The number of nitrogens with one attached hydrogen (secondary N) is 1. The van der Waals surface area contributed by atoms with E-state index in [4.69, 9.17) is 5.73 Å². The standard InChI is InChI=1S/C13H13BrN2OS/c1-7-3-4-9(15)8(2)12(7)16-13(17)10-5-6-11(14)18-10/h3-6H,15H2,1-2H3,(H,16,17). The van der Waals surface area contributed by atoms with Gasteiger partial charge in [0.15, 0.2) is 0 Å². The Morgan fingerprint density at radius 1 is 1.28 bits per heavy atom. The lowest BCUT2D eigenvalue weighted by atomic mass is 10.1. The third-order valence-electron chi connectivity index (χ3n) is 2.75. The van der Waals surface area contributed by atoms with Crippen LogP contribution in [-0.2, 0) is 0 Å². The van der Waals surface area contributed by atoms with E-state index in [1.165, 1.54) is 11.3 Å². The second-order valence-electron chi connectivity index (χ2n) is 4.03. The fraction of sp³-hybridized carbons (Fsp3) is 0.154. The van der Waals surface area contributed by atoms with Crippen LogP contribution in [0.3, 0.4) is 0 Å². The van der Waals surface area contributed by atoms with E-state index in [-0.39, 0.29) is 5.91 Å². The zero-order chi connectivity index (χ0) is 13.3. The van der Waals surface area contributed by atoms with E-state index in [1.54, 1.807) is 6.07 Å². The van der Waals surface area contributed by atoms with Gasteiger partial charge in [-0.15, -0.1) is 11.3 Å². The number of hydrogen-bond donors (Lipinski definition) is 2. The number of anilines is 2. The van der Waals surface area contributed by atoms with Gasteiger partial charge in [0.2, 0.25) is 0 Å². The average molecular weight is 325 g/mol. The third kappa shape index (κ3) is 2.57. The summed E-state index contributed by atoms with van der Waals surface area (Å²) in [6.07, 6.45) is 0. The highest BCUT2D eigenvalue weighted by Crippen LogP contribution is 2.27. The topological polar surface area (TPSA) is 55.1 Å². The van der Waals surface area contributed by atoms with E-state index in [2.05, 4.69) is 21.2 Å². The summed E-state index contributed by atoms with van der Waals surface area (Å²) in [5.74, 6) is -0.109. The SMILES string of the molecule is Cc1ccc(N)c(C)c1NC(=O)c1ccc(Br)s1. The van der Waals surface area contributed by atoms with Crippen molar-refractivity contribution in [2.75, 3.05) is 11.1 Å². The molecule has 1 aromatic heterocycles. The Bertz CT molecular complexity index is 607. The number of hydrogen-bond acceptors (Lipinski definition) is 3. The predicted octanol–water partition coefficient (Wildman–Crippen LogP) is 3.96. The van der Waals surface area contributed by atoms with E-state index in [9.17, 15) is 4.79 Å². The van der Waals surface area contributed by atoms with Gasteiger partial charge in [-0.3, -0.25) is 4.79 Å². The highest BCUT2D eigenvalue weighted by molar-refractivity contribution is 9.11. The van der Waals surface area contributed by atoms with Gasteiger partial charge < -0.3 is 11.1 Å². The molecule has 3 nitrogen and oxygen atoms in total. The Labute approximate surface area is 118 Å². The molecule has 0 spiro atoms. The molecule has 0 radical (unpaired) electrons. The maximum absolute atomic E-state index is 12.1. The molecule has 5 heteroatoms. The second kappa shape index (κ2) is 5.12. The molecule has 1 aromatic carbocycles. The van der Waals surface area contributed by atoms with Crippen LogP contribution in [0.15, 0.2) is 28.1 Å². The molecule has 3 N–H and O–H groups in total. The fourth-order valence-corrected chi connectivity index (χ4v) is 2.95. The minimum Gasteiger partial charge on any atom is -0.398 e. The van der Waals surface area contributed by atoms with Gasteiger partial charge in [-0.25, -0.2) is 0 Å². The monoisotopic (exact) mass is 324 g/mol. The van der Waals surface area contributed by atoms with Gasteiger partial charge >= 0.3 is 0 Å². The summed E-state index contributed by atoms with van der Waals surface area (Å²) in [5.41, 5.74) is 9.24. The van der Waals surface area contributed by atoms with Crippen LogP contribution in [0.5, 0.6) is 0 Å². The number of nitrogens with two attached hydrogens (primary N) is 1. The number of rotatable bonds is 2. The number of nitrogen functional groups attached to an aromatic ring is 1. The number of benzene rings is 1. The summed E-state index contributed by atoms with van der Waals surface area (Å²) >= 11 is 4.75. The lowest BCUT2D eigenvalue weighted by Gasteiger charge is -2.12. The van der Waals surface area contributed by atoms with Crippen LogP contribution in [0, 0.1) is 13.8 Å². The summed E-state index contributed by atoms with van der Waals surface area (Å²) in [7, 11) is 0. The van der Waals surface area contributed by atoms with E-state index >= 15 is 0 Å². The molecule has 0 saturated heterocycles. The first-order valence-electron chi connectivity index (χ1n) is 5.41. The Morgan fingerprint density at radius 3 is 2.61 bits per heavy atom. The quantitative estimate of drug-likeness (QED) is 0.821.